The maximum atomic E-state index is 3.69. The fraction of sp³-hybridized carbons (Fsp3) is 1.00. The highest BCUT2D eigenvalue weighted by Crippen LogP contribution is 2.43. The Morgan fingerprint density at radius 3 is 2.27 bits per heavy atom. The lowest BCUT2D eigenvalue weighted by atomic mass is 9.94. The highest BCUT2D eigenvalue weighted by molar-refractivity contribution is 5.00. The zero-order valence-electron chi connectivity index (χ0n) is 7.69. The van der Waals surface area contributed by atoms with Gasteiger partial charge in [0.05, 0.1) is 0 Å². The molecule has 0 aromatic carbocycles. The Morgan fingerprint density at radius 1 is 1.18 bits per heavy atom. The van der Waals surface area contributed by atoms with Crippen LogP contribution < -0.4 is 5.32 Å². The molecule has 1 N–H and O–H groups in total. The molecule has 1 saturated carbocycles. The second kappa shape index (κ2) is 2.48. The number of rotatable bonds is 0. The summed E-state index contributed by atoms with van der Waals surface area (Å²) >= 11 is 0. The molecule has 1 heterocycles. The van der Waals surface area contributed by atoms with Crippen LogP contribution in [-0.2, 0) is 0 Å². The summed E-state index contributed by atoms with van der Waals surface area (Å²) in [6.45, 7) is 6.07. The van der Waals surface area contributed by atoms with Crippen LogP contribution in [0.1, 0.15) is 39.5 Å². The van der Waals surface area contributed by atoms with Crippen molar-refractivity contribution in [1.82, 2.24) is 5.32 Å². The Hall–Kier alpha value is -0.0400. The minimum absolute atomic E-state index is 0.582. The van der Waals surface area contributed by atoms with Crippen LogP contribution in [0, 0.1) is 11.8 Å². The highest BCUT2D eigenvalue weighted by atomic mass is 15.0. The zero-order chi connectivity index (χ0) is 7.90. The van der Waals surface area contributed by atoms with Crippen molar-refractivity contribution in [3.05, 3.63) is 0 Å². The second-order valence-electron chi connectivity index (χ2n) is 4.67. The van der Waals surface area contributed by atoms with Crippen LogP contribution >= 0.6 is 0 Å². The van der Waals surface area contributed by atoms with Crippen molar-refractivity contribution in [1.29, 1.82) is 0 Å². The van der Waals surface area contributed by atoms with E-state index in [9.17, 15) is 0 Å². The van der Waals surface area contributed by atoms with Crippen molar-refractivity contribution in [2.75, 3.05) is 6.54 Å². The molecule has 2 unspecified atom stereocenters. The topological polar surface area (TPSA) is 12.0 Å². The van der Waals surface area contributed by atoms with Gasteiger partial charge in [0, 0.05) is 5.54 Å². The number of hydrogen-bond donors (Lipinski definition) is 1. The predicted molar refractivity (Wildman–Crippen MR) is 47.5 cm³/mol. The summed E-state index contributed by atoms with van der Waals surface area (Å²) in [5, 5.41) is 3.69. The zero-order valence-corrected chi connectivity index (χ0v) is 7.69. The van der Waals surface area contributed by atoms with Crippen molar-refractivity contribution in [2.24, 2.45) is 11.8 Å². The van der Waals surface area contributed by atoms with Gasteiger partial charge in [0.25, 0.3) is 0 Å². The summed E-state index contributed by atoms with van der Waals surface area (Å²) in [6, 6.07) is 0. The average molecular weight is 153 g/mol. The molecule has 1 spiro atoms. The van der Waals surface area contributed by atoms with Crippen molar-refractivity contribution in [3.8, 4) is 0 Å². The van der Waals surface area contributed by atoms with Gasteiger partial charge in [-0.2, -0.15) is 0 Å². The molecule has 2 atom stereocenters. The van der Waals surface area contributed by atoms with Gasteiger partial charge in [-0.25, -0.2) is 0 Å². The molecule has 1 aliphatic carbocycles. The molecule has 2 fully saturated rings. The molecule has 1 heteroatoms. The fourth-order valence-corrected chi connectivity index (χ4v) is 2.94. The Morgan fingerprint density at radius 2 is 1.82 bits per heavy atom. The van der Waals surface area contributed by atoms with Crippen molar-refractivity contribution in [2.45, 2.75) is 45.1 Å². The molecular weight excluding hydrogens is 134 g/mol. The number of nitrogens with one attached hydrogen (secondary N) is 1. The first-order chi connectivity index (χ1) is 5.22. The average Bonchev–Trinajstić information content (AvgIpc) is 2.46. The summed E-state index contributed by atoms with van der Waals surface area (Å²) < 4.78 is 0. The normalized spacial score (nSPS) is 50.7. The molecule has 0 bridgehead atoms. The van der Waals surface area contributed by atoms with Crippen LogP contribution in [0.15, 0.2) is 0 Å². The van der Waals surface area contributed by atoms with Crippen molar-refractivity contribution in [3.63, 3.8) is 0 Å². The number of hydrogen-bond acceptors (Lipinski definition) is 1. The lowest BCUT2D eigenvalue weighted by molar-refractivity contribution is 0.372. The minimum Gasteiger partial charge on any atom is -0.311 e. The highest BCUT2D eigenvalue weighted by Gasteiger charge is 2.42. The van der Waals surface area contributed by atoms with Gasteiger partial charge in [0.15, 0.2) is 0 Å². The van der Waals surface area contributed by atoms with Gasteiger partial charge in [-0.05, 0) is 44.1 Å². The van der Waals surface area contributed by atoms with Crippen LogP contribution in [-0.4, -0.2) is 12.1 Å². The van der Waals surface area contributed by atoms with Crippen molar-refractivity contribution < 1.29 is 0 Å². The Balaban J connectivity index is 2.06. The van der Waals surface area contributed by atoms with Gasteiger partial charge in [-0.3, -0.25) is 0 Å². The molecule has 0 aromatic rings. The first kappa shape index (κ1) is 7.60. The van der Waals surface area contributed by atoms with Crippen LogP contribution in [0.4, 0.5) is 0 Å². The molecule has 2 rings (SSSR count). The van der Waals surface area contributed by atoms with Gasteiger partial charge < -0.3 is 5.32 Å². The molecule has 1 saturated heterocycles. The third-order valence-corrected chi connectivity index (χ3v) is 3.73. The van der Waals surface area contributed by atoms with E-state index < -0.39 is 0 Å². The maximum Gasteiger partial charge on any atom is 0.0187 e. The largest absolute Gasteiger partial charge is 0.311 e. The van der Waals surface area contributed by atoms with E-state index in [4.69, 9.17) is 0 Å². The van der Waals surface area contributed by atoms with E-state index in [-0.39, 0.29) is 0 Å². The van der Waals surface area contributed by atoms with Gasteiger partial charge in [0.2, 0.25) is 0 Å². The standard InChI is InChI=1S/C10H19N/c1-8-6-10(7-9(8)2)4-3-5-11-10/h8-9,11H,3-7H2,1-2H3. The van der Waals surface area contributed by atoms with Gasteiger partial charge in [-0.1, -0.05) is 13.8 Å². The van der Waals surface area contributed by atoms with E-state index in [0.29, 0.717) is 5.54 Å². The Kier molecular flexibility index (Phi) is 1.71. The first-order valence-electron chi connectivity index (χ1n) is 4.97. The van der Waals surface area contributed by atoms with Gasteiger partial charge >= 0.3 is 0 Å². The third-order valence-electron chi connectivity index (χ3n) is 3.73. The third kappa shape index (κ3) is 1.20. The van der Waals surface area contributed by atoms with E-state index in [0.717, 1.165) is 11.8 Å². The van der Waals surface area contributed by atoms with E-state index in [1.54, 1.807) is 0 Å². The second-order valence-corrected chi connectivity index (χ2v) is 4.67. The van der Waals surface area contributed by atoms with Crippen molar-refractivity contribution >= 4 is 0 Å². The van der Waals surface area contributed by atoms with Crippen LogP contribution in [0.2, 0.25) is 0 Å². The summed E-state index contributed by atoms with van der Waals surface area (Å²) in [6.07, 6.45) is 5.68. The minimum atomic E-state index is 0.582. The van der Waals surface area contributed by atoms with E-state index in [1.165, 1.54) is 32.2 Å². The molecule has 1 aliphatic heterocycles. The summed E-state index contributed by atoms with van der Waals surface area (Å²) in [5.41, 5.74) is 0.582. The molecule has 64 valence electrons. The molecule has 2 aliphatic rings. The molecule has 11 heavy (non-hydrogen) atoms. The summed E-state index contributed by atoms with van der Waals surface area (Å²) in [4.78, 5) is 0. The molecular formula is C10H19N. The van der Waals surface area contributed by atoms with E-state index in [1.807, 2.05) is 0 Å². The SMILES string of the molecule is CC1CC2(CCCN2)CC1C. The van der Waals surface area contributed by atoms with Crippen LogP contribution in [0.25, 0.3) is 0 Å². The summed E-state index contributed by atoms with van der Waals surface area (Å²) in [5.74, 6) is 1.89. The summed E-state index contributed by atoms with van der Waals surface area (Å²) in [7, 11) is 0. The molecule has 0 aromatic heterocycles. The Labute approximate surface area is 69.6 Å². The quantitative estimate of drug-likeness (QED) is 0.562. The van der Waals surface area contributed by atoms with Crippen LogP contribution in [0.5, 0.6) is 0 Å². The monoisotopic (exact) mass is 153 g/mol. The first-order valence-corrected chi connectivity index (χ1v) is 4.97. The van der Waals surface area contributed by atoms with E-state index in [2.05, 4.69) is 19.2 Å². The Bertz CT molecular complexity index is 135. The van der Waals surface area contributed by atoms with E-state index >= 15 is 0 Å². The fourth-order valence-electron chi connectivity index (χ4n) is 2.94. The molecule has 0 radical (unpaired) electrons. The van der Waals surface area contributed by atoms with Crippen LogP contribution in [0.3, 0.4) is 0 Å². The molecule has 0 amide bonds. The lowest BCUT2D eigenvalue weighted by Gasteiger charge is -2.23. The predicted octanol–water partition coefficient (Wildman–Crippen LogP) is 2.17. The maximum absolute atomic E-state index is 3.69. The van der Waals surface area contributed by atoms with Gasteiger partial charge in [-0.15, -0.1) is 0 Å². The molecule has 1 nitrogen and oxygen atoms in total. The smallest absolute Gasteiger partial charge is 0.0187 e. The lowest BCUT2D eigenvalue weighted by Crippen LogP contribution is -2.36. The van der Waals surface area contributed by atoms with Gasteiger partial charge in [0.1, 0.15) is 0 Å².